The maximum atomic E-state index is 11.9. The number of amides is 1. The number of nitrogens with zero attached hydrogens (tertiary/aromatic N) is 1. The van der Waals surface area contributed by atoms with Crippen molar-refractivity contribution in [3.63, 3.8) is 0 Å². The van der Waals surface area contributed by atoms with Crippen molar-refractivity contribution in [1.29, 1.82) is 0 Å². The summed E-state index contributed by atoms with van der Waals surface area (Å²) in [6.07, 6.45) is 5.79. The molecular formula is C13H19N3O2. The first-order chi connectivity index (χ1) is 8.81. The van der Waals surface area contributed by atoms with E-state index in [0.717, 1.165) is 18.2 Å². The van der Waals surface area contributed by atoms with Gasteiger partial charge in [0.2, 0.25) is 0 Å². The van der Waals surface area contributed by atoms with Crippen molar-refractivity contribution >= 4 is 11.6 Å². The standard InChI is InChI=1S/C13H19N3O2/c1-14-12-4-5-15-8-11(12)13(17)16-6-7-18-9-10-2-3-10/h4-5,8,10H,2-3,6-7,9H2,1H3,(H,14,15)(H,16,17). The molecule has 0 bridgehead atoms. The van der Waals surface area contributed by atoms with Crippen LogP contribution in [-0.4, -0.2) is 37.7 Å². The average Bonchev–Trinajstić information content (AvgIpc) is 3.22. The van der Waals surface area contributed by atoms with Crippen LogP contribution >= 0.6 is 0 Å². The highest BCUT2D eigenvalue weighted by Crippen LogP contribution is 2.28. The van der Waals surface area contributed by atoms with Gasteiger partial charge >= 0.3 is 0 Å². The predicted molar refractivity (Wildman–Crippen MR) is 69.7 cm³/mol. The van der Waals surface area contributed by atoms with Crippen molar-refractivity contribution in [3.05, 3.63) is 24.0 Å². The average molecular weight is 249 g/mol. The van der Waals surface area contributed by atoms with Crippen LogP contribution in [0.2, 0.25) is 0 Å². The van der Waals surface area contributed by atoms with Crippen LogP contribution in [0.3, 0.4) is 0 Å². The molecule has 1 saturated carbocycles. The van der Waals surface area contributed by atoms with E-state index in [4.69, 9.17) is 4.74 Å². The van der Waals surface area contributed by atoms with E-state index in [0.29, 0.717) is 18.7 Å². The second-order valence-corrected chi connectivity index (χ2v) is 4.45. The molecule has 5 nitrogen and oxygen atoms in total. The molecular weight excluding hydrogens is 230 g/mol. The third kappa shape index (κ3) is 3.70. The largest absolute Gasteiger partial charge is 0.387 e. The highest BCUT2D eigenvalue weighted by Gasteiger charge is 2.20. The Hall–Kier alpha value is -1.62. The van der Waals surface area contributed by atoms with Crippen LogP contribution in [0.1, 0.15) is 23.2 Å². The minimum Gasteiger partial charge on any atom is -0.387 e. The van der Waals surface area contributed by atoms with Gasteiger partial charge < -0.3 is 15.4 Å². The molecule has 1 aromatic rings. The molecule has 98 valence electrons. The van der Waals surface area contributed by atoms with E-state index >= 15 is 0 Å². The predicted octanol–water partition coefficient (Wildman–Crippen LogP) is 1.28. The van der Waals surface area contributed by atoms with Gasteiger partial charge in [0.15, 0.2) is 0 Å². The van der Waals surface area contributed by atoms with Crippen molar-refractivity contribution in [1.82, 2.24) is 10.3 Å². The Morgan fingerprint density at radius 3 is 3.11 bits per heavy atom. The van der Waals surface area contributed by atoms with Gasteiger partial charge in [0.05, 0.1) is 12.2 Å². The van der Waals surface area contributed by atoms with Crippen molar-refractivity contribution in [2.45, 2.75) is 12.8 Å². The van der Waals surface area contributed by atoms with Crippen LogP contribution in [0, 0.1) is 5.92 Å². The zero-order valence-electron chi connectivity index (χ0n) is 10.6. The summed E-state index contributed by atoms with van der Waals surface area (Å²) in [6, 6.07) is 1.78. The van der Waals surface area contributed by atoms with E-state index in [1.165, 1.54) is 12.8 Å². The van der Waals surface area contributed by atoms with E-state index in [9.17, 15) is 4.79 Å². The Balaban J connectivity index is 1.72. The Morgan fingerprint density at radius 2 is 2.39 bits per heavy atom. The lowest BCUT2D eigenvalue weighted by Crippen LogP contribution is -2.28. The number of pyridine rings is 1. The molecule has 1 aromatic heterocycles. The summed E-state index contributed by atoms with van der Waals surface area (Å²) in [5.74, 6) is 0.636. The van der Waals surface area contributed by atoms with Gasteiger partial charge in [-0.15, -0.1) is 0 Å². The van der Waals surface area contributed by atoms with E-state index in [1.54, 1.807) is 25.5 Å². The number of hydrogen-bond donors (Lipinski definition) is 2. The van der Waals surface area contributed by atoms with Crippen LogP contribution in [-0.2, 0) is 4.74 Å². The summed E-state index contributed by atoms with van der Waals surface area (Å²) in [5, 5.41) is 5.79. The first kappa shape index (κ1) is 12.8. The molecule has 1 fully saturated rings. The number of hydrogen-bond acceptors (Lipinski definition) is 4. The number of carbonyl (C=O) groups excluding carboxylic acids is 1. The summed E-state index contributed by atoms with van der Waals surface area (Å²) < 4.78 is 5.45. The van der Waals surface area contributed by atoms with Crippen LogP contribution in [0.25, 0.3) is 0 Å². The van der Waals surface area contributed by atoms with Gasteiger partial charge in [-0.05, 0) is 24.8 Å². The van der Waals surface area contributed by atoms with Crippen LogP contribution < -0.4 is 10.6 Å². The number of rotatable bonds is 7. The van der Waals surface area contributed by atoms with Crippen molar-refractivity contribution in [2.24, 2.45) is 5.92 Å². The second-order valence-electron chi connectivity index (χ2n) is 4.45. The molecule has 2 rings (SSSR count). The lowest BCUT2D eigenvalue weighted by Gasteiger charge is -2.09. The molecule has 1 aliphatic rings. The minimum absolute atomic E-state index is 0.123. The fraction of sp³-hybridized carbons (Fsp3) is 0.538. The fourth-order valence-electron chi connectivity index (χ4n) is 1.66. The lowest BCUT2D eigenvalue weighted by atomic mass is 10.2. The molecule has 2 N–H and O–H groups in total. The molecule has 0 unspecified atom stereocenters. The Morgan fingerprint density at radius 1 is 1.56 bits per heavy atom. The minimum atomic E-state index is -0.123. The number of carbonyl (C=O) groups is 1. The number of aromatic nitrogens is 1. The Bertz CT molecular complexity index is 405. The van der Waals surface area contributed by atoms with Crippen molar-refractivity contribution in [2.75, 3.05) is 32.1 Å². The molecule has 0 radical (unpaired) electrons. The normalized spacial score (nSPS) is 14.3. The maximum absolute atomic E-state index is 11.9. The zero-order chi connectivity index (χ0) is 12.8. The maximum Gasteiger partial charge on any atom is 0.255 e. The van der Waals surface area contributed by atoms with Crippen LogP contribution in [0.4, 0.5) is 5.69 Å². The Labute approximate surface area is 107 Å². The van der Waals surface area contributed by atoms with E-state index in [2.05, 4.69) is 15.6 Å². The fourth-order valence-corrected chi connectivity index (χ4v) is 1.66. The van der Waals surface area contributed by atoms with Crippen LogP contribution in [0.5, 0.6) is 0 Å². The third-order valence-electron chi connectivity index (χ3n) is 2.92. The van der Waals surface area contributed by atoms with Gasteiger partial charge in [0.1, 0.15) is 0 Å². The molecule has 0 aromatic carbocycles. The molecule has 0 spiro atoms. The third-order valence-corrected chi connectivity index (χ3v) is 2.92. The summed E-state index contributed by atoms with van der Waals surface area (Å²) >= 11 is 0. The molecule has 0 aliphatic heterocycles. The van der Waals surface area contributed by atoms with Gasteiger partial charge in [-0.3, -0.25) is 9.78 Å². The van der Waals surface area contributed by atoms with Gasteiger partial charge in [-0.2, -0.15) is 0 Å². The Kier molecular flexibility index (Phi) is 4.52. The zero-order valence-corrected chi connectivity index (χ0v) is 10.6. The number of anilines is 1. The molecule has 0 atom stereocenters. The quantitative estimate of drug-likeness (QED) is 0.715. The second kappa shape index (κ2) is 6.35. The van der Waals surface area contributed by atoms with E-state index in [1.807, 2.05) is 0 Å². The van der Waals surface area contributed by atoms with Crippen molar-refractivity contribution < 1.29 is 9.53 Å². The van der Waals surface area contributed by atoms with Gasteiger partial charge in [0, 0.05) is 38.3 Å². The van der Waals surface area contributed by atoms with Gasteiger partial charge in [0.25, 0.3) is 5.91 Å². The first-order valence-corrected chi connectivity index (χ1v) is 6.29. The van der Waals surface area contributed by atoms with E-state index < -0.39 is 0 Å². The van der Waals surface area contributed by atoms with Gasteiger partial charge in [-0.25, -0.2) is 0 Å². The number of ether oxygens (including phenoxy) is 1. The molecule has 1 aliphatic carbocycles. The molecule has 1 amide bonds. The lowest BCUT2D eigenvalue weighted by molar-refractivity contribution is 0.0907. The smallest absolute Gasteiger partial charge is 0.255 e. The van der Waals surface area contributed by atoms with Gasteiger partial charge in [-0.1, -0.05) is 0 Å². The topological polar surface area (TPSA) is 63.2 Å². The van der Waals surface area contributed by atoms with Crippen molar-refractivity contribution in [3.8, 4) is 0 Å². The first-order valence-electron chi connectivity index (χ1n) is 6.29. The summed E-state index contributed by atoms with van der Waals surface area (Å²) in [7, 11) is 1.78. The highest BCUT2D eigenvalue weighted by atomic mass is 16.5. The van der Waals surface area contributed by atoms with E-state index in [-0.39, 0.29) is 5.91 Å². The SMILES string of the molecule is CNc1ccncc1C(=O)NCCOCC1CC1. The monoisotopic (exact) mass is 249 g/mol. The summed E-state index contributed by atoms with van der Waals surface area (Å²) in [4.78, 5) is 15.8. The summed E-state index contributed by atoms with van der Waals surface area (Å²) in [6.45, 7) is 1.92. The van der Waals surface area contributed by atoms with Crippen LogP contribution in [0.15, 0.2) is 18.5 Å². The highest BCUT2D eigenvalue weighted by molar-refractivity contribution is 5.99. The summed E-state index contributed by atoms with van der Waals surface area (Å²) in [5.41, 5.74) is 1.34. The molecule has 1 heterocycles. The number of nitrogens with one attached hydrogen (secondary N) is 2. The molecule has 18 heavy (non-hydrogen) atoms. The molecule has 5 heteroatoms. The molecule has 0 saturated heterocycles.